The van der Waals surface area contributed by atoms with Gasteiger partial charge in [-0.05, 0) is 20.3 Å². The van der Waals surface area contributed by atoms with Gasteiger partial charge in [-0.3, -0.25) is 15.1 Å². The Morgan fingerprint density at radius 3 is 2.69 bits per heavy atom. The van der Waals surface area contributed by atoms with Crippen molar-refractivity contribution in [2.45, 2.75) is 39.2 Å². The van der Waals surface area contributed by atoms with Crippen LogP contribution in [0.2, 0.25) is 0 Å². The smallest absolute Gasteiger partial charge is 0.252 e. The highest BCUT2D eigenvalue weighted by Crippen LogP contribution is 2.15. The van der Waals surface area contributed by atoms with Crippen molar-refractivity contribution in [1.82, 2.24) is 10.6 Å². The van der Waals surface area contributed by atoms with Crippen molar-refractivity contribution >= 4 is 11.9 Å². The molecule has 4 nitrogen and oxygen atoms in total. The highest BCUT2D eigenvalue weighted by atomic mass is 16.2. The Balaban J connectivity index is 2.70. The van der Waals surface area contributed by atoms with Gasteiger partial charge in [0, 0.05) is 6.54 Å². The second-order valence-corrected chi connectivity index (χ2v) is 3.48. The van der Waals surface area contributed by atoms with Gasteiger partial charge in [0.05, 0.1) is 0 Å². The lowest BCUT2D eigenvalue weighted by Gasteiger charge is -2.19. The predicted molar refractivity (Wildman–Crippen MR) is 52.6 cm³/mol. The minimum atomic E-state index is -0.456. The molecule has 1 aliphatic rings. The van der Waals surface area contributed by atoms with E-state index in [0.29, 0.717) is 12.5 Å². The van der Waals surface area contributed by atoms with Crippen LogP contribution in [0.4, 0.5) is 0 Å². The standard InChI is InChI=1S/C9H17N3O/c1-4-6-9(3)7(13)11-8(12-9)10-5-2/h4-6H2,1-3H3,(H2,10,11,12,13). The highest BCUT2D eigenvalue weighted by Gasteiger charge is 2.39. The number of hydrogen-bond donors (Lipinski definition) is 2. The molecule has 1 heterocycles. The van der Waals surface area contributed by atoms with E-state index in [9.17, 15) is 4.79 Å². The number of carbonyl (C=O) groups is 1. The molecule has 0 saturated carbocycles. The Hall–Kier alpha value is -1.06. The Morgan fingerprint density at radius 1 is 1.46 bits per heavy atom. The van der Waals surface area contributed by atoms with Crippen molar-refractivity contribution in [3.63, 3.8) is 0 Å². The van der Waals surface area contributed by atoms with Crippen LogP contribution in [-0.4, -0.2) is 24.0 Å². The summed E-state index contributed by atoms with van der Waals surface area (Å²) >= 11 is 0. The van der Waals surface area contributed by atoms with Gasteiger partial charge in [0.1, 0.15) is 5.54 Å². The van der Waals surface area contributed by atoms with Gasteiger partial charge in [-0.1, -0.05) is 13.3 Å². The molecule has 0 spiro atoms. The first-order valence-electron chi connectivity index (χ1n) is 4.76. The molecule has 74 valence electrons. The van der Waals surface area contributed by atoms with Gasteiger partial charge >= 0.3 is 0 Å². The fourth-order valence-electron chi connectivity index (χ4n) is 1.51. The summed E-state index contributed by atoms with van der Waals surface area (Å²) in [6, 6.07) is 0. The first kappa shape index (κ1) is 10.0. The van der Waals surface area contributed by atoms with Gasteiger partial charge in [0.25, 0.3) is 5.91 Å². The van der Waals surface area contributed by atoms with Crippen LogP contribution < -0.4 is 10.6 Å². The third kappa shape index (κ3) is 1.99. The molecule has 0 bridgehead atoms. The van der Waals surface area contributed by atoms with Crippen molar-refractivity contribution in [1.29, 1.82) is 0 Å². The maximum absolute atomic E-state index is 11.5. The lowest BCUT2D eigenvalue weighted by Crippen LogP contribution is -2.43. The van der Waals surface area contributed by atoms with E-state index < -0.39 is 5.54 Å². The zero-order valence-corrected chi connectivity index (χ0v) is 8.48. The summed E-state index contributed by atoms with van der Waals surface area (Å²) in [6.07, 6.45) is 1.82. The maximum atomic E-state index is 11.5. The molecule has 0 aromatic heterocycles. The predicted octanol–water partition coefficient (Wildman–Crippen LogP) is 0.640. The number of carbonyl (C=O) groups excluding carboxylic acids is 1. The van der Waals surface area contributed by atoms with Crippen molar-refractivity contribution in [2.24, 2.45) is 4.99 Å². The molecule has 0 aromatic rings. The van der Waals surface area contributed by atoms with Crippen LogP contribution in [-0.2, 0) is 4.79 Å². The fraction of sp³-hybridized carbons (Fsp3) is 0.778. The van der Waals surface area contributed by atoms with Gasteiger partial charge < -0.3 is 5.32 Å². The average Bonchev–Trinajstić information content (AvgIpc) is 2.29. The lowest BCUT2D eigenvalue weighted by atomic mass is 9.97. The molecular weight excluding hydrogens is 166 g/mol. The van der Waals surface area contributed by atoms with Crippen LogP contribution in [0.1, 0.15) is 33.6 Å². The highest BCUT2D eigenvalue weighted by molar-refractivity contribution is 6.08. The van der Waals surface area contributed by atoms with Crippen LogP contribution in [0.15, 0.2) is 4.99 Å². The van der Waals surface area contributed by atoms with Gasteiger partial charge in [-0.25, -0.2) is 0 Å². The molecule has 1 saturated heterocycles. The normalized spacial score (nSPS) is 30.4. The van der Waals surface area contributed by atoms with E-state index in [1.54, 1.807) is 0 Å². The zero-order valence-electron chi connectivity index (χ0n) is 8.48. The first-order valence-corrected chi connectivity index (χ1v) is 4.76. The second-order valence-electron chi connectivity index (χ2n) is 3.48. The van der Waals surface area contributed by atoms with Crippen molar-refractivity contribution in [3.8, 4) is 0 Å². The monoisotopic (exact) mass is 183 g/mol. The molecule has 13 heavy (non-hydrogen) atoms. The van der Waals surface area contributed by atoms with E-state index >= 15 is 0 Å². The van der Waals surface area contributed by atoms with E-state index in [0.717, 1.165) is 12.8 Å². The number of nitrogens with one attached hydrogen (secondary N) is 2. The van der Waals surface area contributed by atoms with E-state index in [-0.39, 0.29) is 5.91 Å². The Kier molecular flexibility index (Phi) is 2.90. The number of aliphatic imine (C=N–C) groups is 1. The van der Waals surface area contributed by atoms with E-state index in [2.05, 4.69) is 22.5 Å². The number of rotatable bonds is 3. The molecule has 1 atom stereocenters. The summed E-state index contributed by atoms with van der Waals surface area (Å²) in [7, 11) is 0. The molecular formula is C9H17N3O. The van der Waals surface area contributed by atoms with Crippen LogP contribution in [0.25, 0.3) is 0 Å². The Bertz CT molecular complexity index is 237. The number of nitrogens with zero attached hydrogens (tertiary/aromatic N) is 1. The van der Waals surface area contributed by atoms with E-state index in [1.807, 2.05) is 13.8 Å². The summed E-state index contributed by atoms with van der Waals surface area (Å²) in [6.45, 7) is 6.60. The summed E-state index contributed by atoms with van der Waals surface area (Å²) in [5.74, 6) is 0.644. The van der Waals surface area contributed by atoms with Gasteiger partial charge in [0.15, 0.2) is 5.96 Å². The molecule has 1 aliphatic heterocycles. The molecule has 1 fully saturated rings. The average molecular weight is 183 g/mol. The van der Waals surface area contributed by atoms with Crippen LogP contribution in [0.5, 0.6) is 0 Å². The second kappa shape index (κ2) is 3.77. The van der Waals surface area contributed by atoms with E-state index in [4.69, 9.17) is 0 Å². The van der Waals surface area contributed by atoms with Crippen molar-refractivity contribution < 1.29 is 4.79 Å². The molecule has 0 aromatic carbocycles. The van der Waals surface area contributed by atoms with Crippen LogP contribution in [0.3, 0.4) is 0 Å². The fourth-order valence-corrected chi connectivity index (χ4v) is 1.51. The van der Waals surface area contributed by atoms with Crippen molar-refractivity contribution in [3.05, 3.63) is 0 Å². The quantitative estimate of drug-likeness (QED) is 0.674. The number of hydrogen-bond acceptors (Lipinski definition) is 2. The summed E-state index contributed by atoms with van der Waals surface area (Å²) < 4.78 is 0. The Morgan fingerprint density at radius 2 is 2.15 bits per heavy atom. The first-order chi connectivity index (χ1) is 6.12. The maximum Gasteiger partial charge on any atom is 0.252 e. The van der Waals surface area contributed by atoms with Crippen molar-refractivity contribution in [2.75, 3.05) is 6.54 Å². The minimum absolute atomic E-state index is 0.0292. The van der Waals surface area contributed by atoms with Crippen LogP contribution >= 0.6 is 0 Å². The van der Waals surface area contributed by atoms with E-state index in [1.165, 1.54) is 0 Å². The summed E-state index contributed by atoms with van der Waals surface area (Å²) in [5.41, 5.74) is -0.456. The molecule has 1 unspecified atom stereocenters. The SMILES string of the molecule is CCCC1(C)NC(=NCC)NC1=O. The number of amides is 1. The number of guanidine groups is 1. The Labute approximate surface area is 78.8 Å². The topological polar surface area (TPSA) is 53.5 Å². The minimum Gasteiger partial charge on any atom is -0.342 e. The lowest BCUT2D eigenvalue weighted by molar-refractivity contribution is -0.123. The zero-order chi connectivity index (χ0) is 9.90. The van der Waals surface area contributed by atoms with Crippen LogP contribution in [0, 0.1) is 0 Å². The largest absolute Gasteiger partial charge is 0.342 e. The molecule has 4 heteroatoms. The van der Waals surface area contributed by atoms with Gasteiger partial charge in [-0.15, -0.1) is 0 Å². The molecule has 1 amide bonds. The summed E-state index contributed by atoms with van der Waals surface area (Å²) in [5, 5.41) is 5.84. The molecule has 0 aliphatic carbocycles. The van der Waals surface area contributed by atoms with Gasteiger partial charge in [0.2, 0.25) is 0 Å². The molecule has 0 radical (unpaired) electrons. The summed E-state index contributed by atoms with van der Waals surface area (Å²) in [4.78, 5) is 15.6. The third-order valence-electron chi connectivity index (χ3n) is 2.19. The molecule has 1 rings (SSSR count). The van der Waals surface area contributed by atoms with Gasteiger partial charge in [-0.2, -0.15) is 0 Å². The third-order valence-corrected chi connectivity index (χ3v) is 2.19. The molecule has 2 N–H and O–H groups in total.